The van der Waals surface area contributed by atoms with Crippen LogP contribution in [0.4, 0.5) is 0 Å². The van der Waals surface area contributed by atoms with Crippen molar-refractivity contribution in [3.63, 3.8) is 0 Å². The van der Waals surface area contributed by atoms with E-state index in [1.54, 1.807) is 5.70 Å². The fourth-order valence-electron chi connectivity index (χ4n) is 1.91. The molecule has 0 atom stereocenters. The van der Waals surface area contributed by atoms with E-state index in [1.165, 1.54) is 45.2 Å². The molecule has 1 fully saturated rings. The van der Waals surface area contributed by atoms with Crippen molar-refractivity contribution >= 4 is 0 Å². The van der Waals surface area contributed by atoms with Gasteiger partial charge in [0.1, 0.15) is 0 Å². The number of allylic oxidation sites excluding steroid dienone is 2. The van der Waals surface area contributed by atoms with E-state index in [1.807, 2.05) is 0 Å². The molecule has 0 aromatic heterocycles. The van der Waals surface area contributed by atoms with Crippen LogP contribution in [0.1, 0.15) is 46.0 Å². The zero-order chi connectivity index (χ0) is 8.81. The highest BCUT2D eigenvalue weighted by molar-refractivity contribution is 5.00. The quantitative estimate of drug-likeness (QED) is 0.624. The highest BCUT2D eigenvalue weighted by Crippen LogP contribution is 2.17. The van der Waals surface area contributed by atoms with E-state index in [0.29, 0.717) is 0 Å². The molecule has 0 spiro atoms. The Labute approximate surface area is 76.5 Å². The van der Waals surface area contributed by atoms with Crippen LogP contribution in [0.15, 0.2) is 11.8 Å². The van der Waals surface area contributed by atoms with E-state index in [9.17, 15) is 0 Å². The first-order valence-electron chi connectivity index (χ1n) is 5.32. The van der Waals surface area contributed by atoms with Crippen molar-refractivity contribution in [2.45, 2.75) is 46.0 Å². The van der Waals surface area contributed by atoms with Crippen LogP contribution in [0.3, 0.4) is 0 Å². The molecule has 0 saturated carbocycles. The number of hydrogen-bond donors (Lipinski definition) is 0. The van der Waals surface area contributed by atoms with E-state index >= 15 is 0 Å². The molecule has 0 aromatic rings. The first kappa shape index (κ1) is 9.63. The third kappa shape index (κ3) is 2.54. The van der Waals surface area contributed by atoms with Crippen LogP contribution in [-0.4, -0.2) is 18.0 Å². The summed E-state index contributed by atoms with van der Waals surface area (Å²) in [4.78, 5) is 2.56. The molecule has 12 heavy (non-hydrogen) atoms. The van der Waals surface area contributed by atoms with Crippen LogP contribution in [-0.2, 0) is 0 Å². The maximum Gasteiger partial charge on any atom is 0.0174 e. The van der Waals surface area contributed by atoms with Gasteiger partial charge in [-0.05, 0) is 32.1 Å². The molecule has 0 aliphatic carbocycles. The minimum atomic E-state index is 1.18. The van der Waals surface area contributed by atoms with Gasteiger partial charge < -0.3 is 4.90 Å². The van der Waals surface area contributed by atoms with Crippen LogP contribution in [0, 0.1) is 0 Å². The normalized spacial score (nSPS) is 19.8. The Hall–Kier alpha value is -0.460. The van der Waals surface area contributed by atoms with Crippen LogP contribution in [0.2, 0.25) is 0 Å². The Balaban J connectivity index is 2.46. The second kappa shape index (κ2) is 5.23. The highest BCUT2D eigenvalue weighted by Gasteiger charge is 2.10. The third-order valence-corrected chi connectivity index (χ3v) is 2.56. The largest absolute Gasteiger partial charge is 0.375 e. The Morgan fingerprint density at radius 2 is 1.83 bits per heavy atom. The van der Waals surface area contributed by atoms with Gasteiger partial charge in [-0.3, -0.25) is 0 Å². The predicted octanol–water partition coefficient (Wildman–Crippen LogP) is 3.18. The molecule has 1 heterocycles. The van der Waals surface area contributed by atoms with Crippen molar-refractivity contribution in [2.24, 2.45) is 0 Å². The summed E-state index contributed by atoms with van der Waals surface area (Å²) in [6.45, 7) is 7.06. The first-order chi connectivity index (χ1) is 5.88. The molecule has 0 aromatic carbocycles. The SMILES string of the molecule is CCC=C(CC)N1CCCCC1. The molecular weight excluding hydrogens is 146 g/mol. The predicted molar refractivity (Wildman–Crippen MR) is 54.1 cm³/mol. The smallest absolute Gasteiger partial charge is 0.0174 e. The molecule has 0 unspecified atom stereocenters. The van der Waals surface area contributed by atoms with Crippen molar-refractivity contribution in [1.82, 2.24) is 4.90 Å². The summed E-state index contributed by atoms with van der Waals surface area (Å²) in [6, 6.07) is 0. The molecule has 0 bridgehead atoms. The van der Waals surface area contributed by atoms with Gasteiger partial charge in [-0.15, -0.1) is 0 Å². The fourth-order valence-corrected chi connectivity index (χ4v) is 1.91. The van der Waals surface area contributed by atoms with Crippen LogP contribution in [0.25, 0.3) is 0 Å². The molecule has 0 amide bonds. The summed E-state index contributed by atoms with van der Waals surface area (Å²) in [5, 5.41) is 0. The molecule has 1 aliphatic rings. The van der Waals surface area contributed by atoms with E-state index < -0.39 is 0 Å². The van der Waals surface area contributed by atoms with Crippen molar-refractivity contribution < 1.29 is 0 Å². The average Bonchev–Trinajstić information content (AvgIpc) is 2.15. The lowest BCUT2D eigenvalue weighted by molar-refractivity contribution is 0.278. The second-order valence-corrected chi connectivity index (χ2v) is 3.50. The Morgan fingerprint density at radius 3 is 2.33 bits per heavy atom. The van der Waals surface area contributed by atoms with Crippen molar-refractivity contribution in [3.8, 4) is 0 Å². The second-order valence-electron chi connectivity index (χ2n) is 3.50. The van der Waals surface area contributed by atoms with Gasteiger partial charge in [-0.2, -0.15) is 0 Å². The van der Waals surface area contributed by atoms with Crippen LogP contribution >= 0.6 is 0 Å². The Bertz CT molecular complexity index is 143. The third-order valence-electron chi connectivity index (χ3n) is 2.56. The number of nitrogens with zero attached hydrogens (tertiary/aromatic N) is 1. The van der Waals surface area contributed by atoms with Crippen LogP contribution in [0.5, 0.6) is 0 Å². The van der Waals surface area contributed by atoms with Gasteiger partial charge >= 0.3 is 0 Å². The van der Waals surface area contributed by atoms with Gasteiger partial charge in [0, 0.05) is 18.8 Å². The lowest BCUT2D eigenvalue weighted by Crippen LogP contribution is -2.28. The molecule has 1 nitrogen and oxygen atoms in total. The standard InChI is InChI=1S/C11H21N/c1-3-8-11(4-2)12-9-6-5-7-10-12/h8H,3-7,9-10H2,1-2H3. The number of likely N-dealkylation sites (tertiary alicyclic amines) is 1. The molecule has 0 radical (unpaired) electrons. The first-order valence-corrected chi connectivity index (χ1v) is 5.32. The van der Waals surface area contributed by atoms with Crippen molar-refractivity contribution in [3.05, 3.63) is 11.8 Å². The van der Waals surface area contributed by atoms with Gasteiger partial charge in [-0.25, -0.2) is 0 Å². The maximum atomic E-state index is 2.56. The summed E-state index contributed by atoms with van der Waals surface area (Å²) < 4.78 is 0. The van der Waals surface area contributed by atoms with Gasteiger partial charge in [0.05, 0.1) is 0 Å². The van der Waals surface area contributed by atoms with Gasteiger partial charge in [0.2, 0.25) is 0 Å². The summed E-state index contributed by atoms with van der Waals surface area (Å²) >= 11 is 0. The molecule has 1 saturated heterocycles. The molecule has 1 rings (SSSR count). The number of piperidine rings is 1. The minimum Gasteiger partial charge on any atom is -0.375 e. The average molecular weight is 167 g/mol. The lowest BCUT2D eigenvalue weighted by Gasteiger charge is -2.30. The molecule has 70 valence electrons. The minimum absolute atomic E-state index is 1.18. The van der Waals surface area contributed by atoms with E-state index in [0.717, 1.165) is 0 Å². The number of hydrogen-bond acceptors (Lipinski definition) is 1. The van der Waals surface area contributed by atoms with Gasteiger partial charge in [0.25, 0.3) is 0 Å². The Morgan fingerprint density at radius 1 is 1.17 bits per heavy atom. The highest BCUT2D eigenvalue weighted by atomic mass is 15.1. The Kier molecular flexibility index (Phi) is 4.20. The molecule has 0 N–H and O–H groups in total. The lowest BCUT2D eigenvalue weighted by atomic mass is 10.1. The summed E-state index contributed by atoms with van der Waals surface area (Å²) in [5.74, 6) is 0. The van der Waals surface area contributed by atoms with Crippen molar-refractivity contribution in [2.75, 3.05) is 13.1 Å². The summed E-state index contributed by atoms with van der Waals surface area (Å²) in [7, 11) is 0. The van der Waals surface area contributed by atoms with E-state index in [-0.39, 0.29) is 0 Å². The molecule has 1 heteroatoms. The van der Waals surface area contributed by atoms with E-state index in [2.05, 4.69) is 24.8 Å². The van der Waals surface area contributed by atoms with Crippen LogP contribution < -0.4 is 0 Å². The van der Waals surface area contributed by atoms with E-state index in [4.69, 9.17) is 0 Å². The monoisotopic (exact) mass is 167 g/mol. The number of rotatable bonds is 3. The molecule has 1 aliphatic heterocycles. The molecular formula is C11H21N. The zero-order valence-corrected chi connectivity index (χ0v) is 8.47. The fraction of sp³-hybridized carbons (Fsp3) is 0.818. The van der Waals surface area contributed by atoms with Crippen molar-refractivity contribution in [1.29, 1.82) is 0 Å². The topological polar surface area (TPSA) is 3.24 Å². The zero-order valence-electron chi connectivity index (χ0n) is 8.47. The van der Waals surface area contributed by atoms with Gasteiger partial charge in [-0.1, -0.05) is 19.9 Å². The summed E-state index contributed by atoms with van der Waals surface area (Å²) in [6.07, 6.45) is 8.97. The summed E-state index contributed by atoms with van der Waals surface area (Å²) in [5.41, 5.74) is 1.57. The maximum absolute atomic E-state index is 2.56. The van der Waals surface area contributed by atoms with Gasteiger partial charge in [0.15, 0.2) is 0 Å².